The molecule has 2 heterocycles. The van der Waals surface area contributed by atoms with Gasteiger partial charge in [0.15, 0.2) is 0 Å². The Bertz CT molecular complexity index is 1040. The minimum absolute atomic E-state index is 0.221. The van der Waals surface area contributed by atoms with Crippen molar-refractivity contribution >= 4 is 41.0 Å². The topological polar surface area (TPSA) is 45.8 Å². The molecule has 6 heteroatoms. The standard InChI is InChI=1S/C21H14Cl2N2O2/c22-17-10-4-8-15(19(17)23)12-18-21(26)25(13-16-9-5-11-27-16)20(24-18)14-6-2-1-3-7-14/h1-12H,13H2/b18-12-. The highest BCUT2D eigenvalue weighted by Crippen LogP contribution is 2.30. The van der Waals surface area contributed by atoms with Gasteiger partial charge in [-0.2, -0.15) is 0 Å². The molecule has 0 bridgehead atoms. The maximum Gasteiger partial charge on any atom is 0.278 e. The second-order valence-electron chi connectivity index (χ2n) is 5.94. The summed E-state index contributed by atoms with van der Waals surface area (Å²) in [4.78, 5) is 19.2. The number of furan rings is 1. The normalized spacial score (nSPS) is 15.5. The fraction of sp³-hybridized carbons (Fsp3) is 0.0476. The maximum absolute atomic E-state index is 13.0. The lowest BCUT2D eigenvalue weighted by Gasteiger charge is -2.17. The van der Waals surface area contributed by atoms with Crippen molar-refractivity contribution in [2.24, 2.45) is 4.99 Å². The van der Waals surface area contributed by atoms with Gasteiger partial charge in [-0.25, -0.2) is 4.99 Å². The molecule has 0 unspecified atom stereocenters. The molecule has 0 spiro atoms. The van der Waals surface area contributed by atoms with Gasteiger partial charge < -0.3 is 4.42 Å². The van der Waals surface area contributed by atoms with Gasteiger partial charge in [-0.15, -0.1) is 0 Å². The summed E-state index contributed by atoms with van der Waals surface area (Å²) in [6.07, 6.45) is 3.24. The summed E-state index contributed by atoms with van der Waals surface area (Å²) in [6, 6.07) is 18.4. The third kappa shape index (κ3) is 3.54. The van der Waals surface area contributed by atoms with E-state index in [4.69, 9.17) is 27.6 Å². The monoisotopic (exact) mass is 396 g/mol. The lowest BCUT2D eigenvalue weighted by molar-refractivity contribution is -0.123. The van der Waals surface area contributed by atoms with Crippen molar-refractivity contribution in [2.45, 2.75) is 6.54 Å². The summed E-state index contributed by atoms with van der Waals surface area (Å²) in [7, 11) is 0. The molecule has 134 valence electrons. The van der Waals surface area contributed by atoms with Crippen LogP contribution < -0.4 is 0 Å². The molecule has 4 rings (SSSR count). The second kappa shape index (κ2) is 7.43. The van der Waals surface area contributed by atoms with E-state index in [2.05, 4.69) is 4.99 Å². The number of rotatable bonds is 4. The highest BCUT2D eigenvalue weighted by atomic mass is 35.5. The number of amidine groups is 1. The molecule has 0 fully saturated rings. The Labute approximate surface area is 166 Å². The molecule has 27 heavy (non-hydrogen) atoms. The van der Waals surface area contributed by atoms with Crippen molar-refractivity contribution in [1.82, 2.24) is 4.90 Å². The first-order valence-electron chi connectivity index (χ1n) is 8.27. The average molecular weight is 397 g/mol. The van der Waals surface area contributed by atoms with Crippen LogP contribution in [0.15, 0.2) is 82.0 Å². The number of benzene rings is 2. The van der Waals surface area contributed by atoms with Crippen molar-refractivity contribution in [1.29, 1.82) is 0 Å². The number of carbonyl (C=O) groups excluding carboxylic acids is 1. The van der Waals surface area contributed by atoms with E-state index in [0.29, 0.717) is 39.4 Å². The minimum atomic E-state index is -0.221. The number of amides is 1. The van der Waals surface area contributed by atoms with Crippen molar-refractivity contribution in [3.05, 3.63) is 99.6 Å². The van der Waals surface area contributed by atoms with Crippen LogP contribution in [-0.2, 0) is 11.3 Å². The molecule has 1 aromatic heterocycles. The lowest BCUT2D eigenvalue weighted by atomic mass is 10.2. The van der Waals surface area contributed by atoms with Crippen LogP contribution in [0.2, 0.25) is 10.0 Å². The largest absolute Gasteiger partial charge is 0.467 e. The first-order valence-corrected chi connectivity index (χ1v) is 9.03. The summed E-state index contributed by atoms with van der Waals surface area (Å²) in [5, 5.41) is 0.816. The molecule has 2 aromatic carbocycles. The molecule has 3 aromatic rings. The van der Waals surface area contributed by atoms with Crippen molar-refractivity contribution in [3.63, 3.8) is 0 Å². The zero-order valence-corrected chi connectivity index (χ0v) is 15.6. The first-order chi connectivity index (χ1) is 13.1. The highest BCUT2D eigenvalue weighted by molar-refractivity contribution is 6.43. The van der Waals surface area contributed by atoms with E-state index in [1.54, 1.807) is 41.5 Å². The fourth-order valence-electron chi connectivity index (χ4n) is 2.84. The van der Waals surface area contributed by atoms with Gasteiger partial charge in [0.1, 0.15) is 17.3 Å². The average Bonchev–Trinajstić information content (AvgIpc) is 3.30. The number of aliphatic imine (C=N–C) groups is 1. The van der Waals surface area contributed by atoms with Crippen molar-refractivity contribution in [2.75, 3.05) is 0 Å². The van der Waals surface area contributed by atoms with Gasteiger partial charge in [-0.05, 0) is 29.8 Å². The van der Waals surface area contributed by atoms with Gasteiger partial charge in [0, 0.05) is 5.56 Å². The van der Waals surface area contributed by atoms with Gasteiger partial charge in [-0.1, -0.05) is 65.7 Å². The maximum atomic E-state index is 13.0. The molecular formula is C21H14Cl2N2O2. The summed E-state index contributed by atoms with van der Waals surface area (Å²) in [5.41, 5.74) is 1.78. The molecule has 4 nitrogen and oxygen atoms in total. The van der Waals surface area contributed by atoms with Crippen LogP contribution in [0.1, 0.15) is 16.9 Å². The predicted octanol–water partition coefficient (Wildman–Crippen LogP) is 5.42. The second-order valence-corrected chi connectivity index (χ2v) is 6.73. The van der Waals surface area contributed by atoms with E-state index in [9.17, 15) is 4.79 Å². The van der Waals surface area contributed by atoms with Crippen LogP contribution in [-0.4, -0.2) is 16.6 Å². The molecule has 1 aliphatic heterocycles. The van der Waals surface area contributed by atoms with Crippen LogP contribution in [0, 0.1) is 0 Å². The van der Waals surface area contributed by atoms with E-state index in [1.807, 2.05) is 36.4 Å². The van der Waals surface area contributed by atoms with Gasteiger partial charge in [-0.3, -0.25) is 9.69 Å². The number of carbonyl (C=O) groups is 1. The highest BCUT2D eigenvalue weighted by Gasteiger charge is 2.31. The Hall–Kier alpha value is -2.82. The van der Waals surface area contributed by atoms with Crippen molar-refractivity contribution < 1.29 is 9.21 Å². The summed E-state index contributed by atoms with van der Waals surface area (Å²) >= 11 is 12.3. The SMILES string of the molecule is O=C1/C(=C/c2cccc(Cl)c2Cl)N=C(c2ccccc2)N1Cc1ccco1. The molecule has 0 N–H and O–H groups in total. The van der Waals surface area contributed by atoms with E-state index >= 15 is 0 Å². The third-order valence-corrected chi connectivity index (χ3v) is 4.98. The van der Waals surface area contributed by atoms with Crippen molar-refractivity contribution in [3.8, 4) is 0 Å². The number of halogens is 2. The van der Waals surface area contributed by atoms with Crippen LogP contribution >= 0.6 is 23.2 Å². The number of hydrogen-bond acceptors (Lipinski definition) is 3. The zero-order valence-electron chi connectivity index (χ0n) is 14.1. The first kappa shape index (κ1) is 17.6. The molecule has 0 saturated carbocycles. The molecule has 1 amide bonds. The summed E-state index contributed by atoms with van der Waals surface area (Å²) in [5.74, 6) is 1.02. The third-order valence-electron chi connectivity index (χ3n) is 4.15. The Balaban J connectivity index is 1.77. The van der Waals surface area contributed by atoms with E-state index in [1.165, 1.54) is 0 Å². The molecule has 0 radical (unpaired) electrons. The smallest absolute Gasteiger partial charge is 0.278 e. The van der Waals surface area contributed by atoms with E-state index < -0.39 is 0 Å². The Morgan fingerprint density at radius 3 is 2.56 bits per heavy atom. The van der Waals surface area contributed by atoms with Gasteiger partial charge in [0.25, 0.3) is 5.91 Å². The quantitative estimate of drug-likeness (QED) is 0.552. The van der Waals surface area contributed by atoms with E-state index in [0.717, 1.165) is 5.56 Å². The fourth-order valence-corrected chi connectivity index (χ4v) is 3.21. The molecule has 0 aliphatic carbocycles. The summed E-state index contributed by atoms with van der Waals surface area (Å²) in [6.45, 7) is 0.292. The molecule has 0 saturated heterocycles. The Morgan fingerprint density at radius 2 is 1.81 bits per heavy atom. The van der Waals surface area contributed by atoms with Gasteiger partial charge in [0.05, 0.1) is 22.9 Å². The zero-order chi connectivity index (χ0) is 18.8. The predicted molar refractivity (Wildman–Crippen MR) is 107 cm³/mol. The molecule has 1 aliphatic rings. The van der Waals surface area contributed by atoms with Gasteiger partial charge in [0.2, 0.25) is 0 Å². The Morgan fingerprint density at radius 1 is 1.00 bits per heavy atom. The van der Waals surface area contributed by atoms with E-state index in [-0.39, 0.29) is 5.91 Å². The molecular weight excluding hydrogens is 383 g/mol. The van der Waals surface area contributed by atoms with Crippen LogP contribution in [0.5, 0.6) is 0 Å². The van der Waals surface area contributed by atoms with Crippen LogP contribution in [0.3, 0.4) is 0 Å². The minimum Gasteiger partial charge on any atom is -0.467 e. The number of nitrogens with zero attached hydrogens (tertiary/aromatic N) is 2. The van der Waals surface area contributed by atoms with Gasteiger partial charge >= 0.3 is 0 Å². The lowest BCUT2D eigenvalue weighted by Crippen LogP contribution is -2.32. The molecule has 0 atom stereocenters. The Kier molecular flexibility index (Phi) is 4.84. The van der Waals surface area contributed by atoms with Crippen LogP contribution in [0.25, 0.3) is 6.08 Å². The van der Waals surface area contributed by atoms with Crippen LogP contribution in [0.4, 0.5) is 0 Å². The summed E-state index contributed by atoms with van der Waals surface area (Å²) < 4.78 is 5.41. The number of hydrogen-bond donors (Lipinski definition) is 0.